The second kappa shape index (κ2) is 11.4. The smallest absolute Gasteiger partial charge is 0.141 e. The van der Waals surface area contributed by atoms with E-state index in [-0.39, 0.29) is 11.3 Å². The van der Waals surface area contributed by atoms with Gasteiger partial charge in [0.25, 0.3) is 0 Å². The summed E-state index contributed by atoms with van der Waals surface area (Å²) in [6, 6.07) is 10.2. The predicted molar refractivity (Wildman–Crippen MR) is 145 cm³/mol. The van der Waals surface area contributed by atoms with Gasteiger partial charge in [-0.1, -0.05) is 88.2 Å². The van der Waals surface area contributed by atoms with E-state index in [1.54, 1.807) is 18.2 Å². The third-order valence-electron chi connectivity index (χ3n) is 5.64. The number of rotatable bonds is 9. The molecule has 2 nitrogen and oxygen atoms in total. The van der Waals surface area contributed by atoms with Gasteiger partial charge in [-0.2, -0.15) is 5.26 Å². The molecule has 0 radical (unpaired) electrons. The largest absolute Gasteiger partial charge is 0.506 e. The van der Waals surface area contributed by atoms with Crippen molar-refractivity contribution < 1.29 is 9.50 Å². The minimum absolute atomic E-state index is 0.0606. The van der Waals surface area contributed by atoms with Crippen molar-refractivity contribution in [3.05, 3.63) is 117 Å². The zero-order valence-electron chi connectivity index (χ0n) is 20.2. The molecule has 1 N–H and O–H groups in total. The third-order valence-corrected chi connectivity index (χ3v) is 6.78. The zero-order valence-corrected chi connectivity index (χ0v) is 21.0. The molecule has 1 aromatic heterocycles. The molecular formula is C30H30FNOS. The Morgan fingerprint density at radius 2 is 1.82 bits per heavy atom. The van der Waals surface area contributed by atoms with Crippen molar-refractivity contribution in [2.24, 2.45) is 0 Å². The van der Waals surface area contributed by atoms with Gasteiger partial charge in [-0.3, -0.25) is 0 Å². The van der Waals surface area contributed by atoms with Crippen LogP contribution in [-0.4, -0.2) is 5.11 Å². The van der Waals surface area contributed by atoms with E-state index in [4.69, 9.17) is 0 Å². The summed E-state index contributed by atoms with van der Waals surface area (Å²) >= 11 is 1.19. The molecule has 0 aliphatic rings. The molecule has 1 heterocycles. The molecule has 0 atom stereocenters. The van der Waals surface area contributed by atoms with E-state index in [9.17, 15) is 14.8 Å². The summed E-state index contributed by atoms with van der Waals surface area (Å²) in [6.07, 6.45) is 10.8. The van der Waals surface area contributed by atoms with Gasteiger partial charge in [0.2, 0.25) is 0 Å². The summed E-state index contributed by atoms with van der Waals surface area (Å²) in [6.45, 7) is 19.7. The van der Waals surface area contributed by atoms with Gasteiger partial charge >= 0.3 is 0 Å². The lowest BCUT2D eigenvalue weighted by Gasteiger charge is -2.28. The van der Waals surface area contributed by atoms with Crippen molar-refractivity contribution in [3.63, 3.8) is 0 Å². The number of halogens is 1. The minimum atomic E-state index is -0.654. The predicted octanol–water partition coefficient (Wildman–Crippen LogP) is 8.85. The van der Waals surface area contributed by atoms with Gasteiger partial charge in [0.1, 0.15) is 11.6 Å². The first kappa shape index (κ1) is 26.6. The topological polar surface area (TPSA) is 44.0 Å². The lowest BCUT2D eigenvalue weighted by molar-refractivity contribution is 0.475. The van der Waals surface area contributed by atoms with Gasteiger partial charge in [-0.25, -0.2) is 4.39 Å². The van der Waals surface area contributed by atoms with E-state index < -0.39 is 11.2 Å². The van der Waals surface area contributed by atoms with Crippen molar-refractivity contribution in [2.45, 2.75) is 33.1 Å². The molecule has 0 spiro atoms. The monoisotopic (exact) mass is 471 g/mol. The Bertz CT molecular complexity index is 1280. The molecule has 0 aliphatic carbocycles. The van der Waals surface area contributed by atoms with Crippen molar-refractivity contribution in [2.75, 3.05) is 0 Å². The van der Waals surface area contributed by atoms with E-state index in [0.717, 1.165) is 16.7 Å². The average molecular weight is 472 g/mol. The van der Waals surface area contributed by atoms with Gasteiger partial charge in [0.15, 0.2) is 0 Å². The Morgan fingerprint density at radius 1 is 1.15 bits per heavy atom. The second-order valence-corrected chi connectivity index (χ2v) is 9.35. The standard InChI is InChI=1S/C30H30FNOS/c1-8-13-22(16-21(5)30(6,7)26-15-12-11-14-20(26)4)23(19-32)17-24(31)18-28-29(33)25(9-2)27(10-3)34-28/h8-18,33H,2-3,5H2,1,4,6-7H3/b13-8-,22-16+,23-17+,24-18-. The van der Waals surface area contributed by atoms with Crippen molar-refractivity contribution >= 4 is 29.6 Å². The molecule has 0 fully saturated rings. The molecular weight excluding hydrogens is 441 g/mol. The number of allylic oxidation sites excluding steroid dienone is 8. The molecule has 0 aliphatic heterocycles. The Kier molecular flexibility index (Phi) is 8.95. The molecule has 4 heteroatoms. The molecule has 0 saturated carbocycles. The first-order valence-corrected chi connectivity index (χ1v) is 11.6. The lowest BCUT2D eigenvalue weighted by Crippen LogP contribution is -2.20. The first-order chi connectivity index (χ1) is 16.1. The van der Waals surface area contributed by atoms with Crippen LogP contribution >= 0.6 is 11.3 Å². The molecule has 1 aromatic carbocycles. The first-order valence-electron chi connectivity index (χ1n) is 10.8. The van der Waals surface area contributed by atoms with Crippen LogP contribution in [0, 0.1) is 18.3 Å². The highest BCUT2D eigenvalue weighted by Crippen LogP contribution is 2.38. The van der Waals surface area contributed by atoms with Crippen molar-refractivity contribution in [1.82, 2.24) is 0 Å². The van der Waals surface area contributed by atoms with E-state index in [0.29, 0.717) is 20.9 Å². The number of nitrogens with zero attached hydrogens (tertiary/aromatic N) is 1. The molecule has 0 bridgehead atoms. The molecule has 0 amide bonds. The van der Waals surface area contributed by atoms with Gasteiger partial charge < -0.3 is 5.11 Å². The maximum atomic E-state index is 14.9. The van der Waals surface area contributed by atoms with Crippen LogP contribution in [0.4, 0.5) is 4.39 Å². The van der Waals surface area contributed by atoms with Crippen LogP contribution in [0.15, 0.2) is 90.9 Å². The van der Waals surface area contributed by atoms with E-state index in [1.807, 2.05) is 25.1 Å². The average Bonchev–Trinajstić information content (AvgIpc) is 3.11. The Labute approximate surface area is 206 Å². The maximum absolute atomic E-state index is 14.9. The molecule has 34 heavy (non-hydrogen) atoms. The quantitative estimate of drug-likeness (QED) is 0.293. The Hall–Kier alpha value is -3.68. The highest BCUT2D eigenvalue weighted by Gasteiger charge is 2.25. The number of aromatic hydroxyl groups is 1. The van der Waals surface area contributed by atoms with Crippen LogP contribution in [0.2, 0.25) is 0 Å². The summed E-state index contributed by atoms with van der Waals surface area (Å²) in [7, 11) is 0. The van der Waals surface area contributed by atoms with Crippen LogP contribution in [0.1, 0.15) is 47.2 Å². The summed E-state index contributed by atoms with van der Waals surface area (Å²) in [4.78, 5) is 1.03. The van der Waals surface area contributed by atoms with Gasteiger partial charge in [-0.15, -0.1) is 11.3 Å². The summed E-state index contributed by atoms with van der Waals surface area (Å²) in [5, 5.41) is 20.2. The van der Waals surface area contributed by atoms with E-state index in [1.165, 1.54) is 29.6 Å². The highest BCUT2D eigenvalue weighted by atomic mass is 32.1. The molecule has 174 valence electrons. The van der Waals surface area contributed by atoms with Crippen LogP contribution in [0.25, 0.3) is 18.2 Å². The molecule has 0 saturated heterocycles. The fourth-order valence-electron chi connectivity index (χ4n) is 3.61. The molecule has 2 rings (SSSR count). The maximum Gasteiger partial charge on any atom is 0.141 e. The lowest BCUT2D eigenvalue weighted by atomic mass is 9.75. The number of hydrogen-bond donors (Lipinski definition) is 1. The molecule has 2 aromatic rings. The van der Waals surface area contributed by atoms with Crippen LogP contribution in [0.3, 0.4) is 0 Å². The summed E-state index contributed by atoms with van der Waals surface area (Å²) < 4.78 is 14.9. The second-order valence-electron chi connectivity index (χ2n) is 8.26. The number of aryl methyl sites for hydroxylation is 1. The zero-order chi connectivity index (χ0) is 25.5. The Morgan fingerprint density at radius 3 is 2.35 bits per heavy atom. The van der Waals surface area contributed by atoms with Crippen LogP contribution in [-0.2, 0) is 5.41 Å². The van der Waals surface area contributed by atoms with Crippen molar-refractivity contribution in [1.29, 1.82) is 5.26 Å². The minimum Gasteiger partial charge on any atom is -0.506 e. The third kappa shape index (κ3) is 5.81. The van der Waals surface area contributed by atoms with Crippen LogP contribution < -0.4 is 0 Å². The molecule has 0 unspecified atom stereocenters. The normalized spacial score (nSPS) is 13.1. The number of thiophene rings is 1. The number of hydrogen-bond acceptors (Lipinski definition) is 3. The highest BCUT2D eigenvalue weighted by molar-refractivity contribution is 7.14. The fourth-order valence-corrected chi connectivity index (χ4v) is 4.60. The number of nitriles is 1. The van der Waals surface area contributed by atoms with Gasteiger partial charge in [0, 0.05) is 15.9 Å². The van der Waals surface area contributed by atoms with Gasteiger partial charge in [0.05, 0.1) is 16.5 Å². The summed E-state index contributed by atoms with van der Waals surface area (Å²) in [5.74, 6) is -0.715. The van der Waals surface area contributed by atoms with Crippen molar-refractivity contribution in [3.8, 4) is 11.8 Å². The Balaban J connectivity index is 2.51. The van der Waals surface area contributed by atoms with E-state index in [2.05, 4.69) is 58.7 Å². The fraction of sp³-hybridized carbons (Fsp3) is 0.167. The number of benzene rings is 1. The summed E-state index contributed by atoms with van der Waals surface area (Å²) in [5.41, 5.74) is 3.89. The van der Waals surface area contributed by atoms with Crippen LogP contribution in [0.5, 0.6) is 5.75 Å². The van der Waals surface area contributed by atoms with Gasteiger partial charge in [-0.05, 0) is 48.3 Å². The SMILES string of the molecule is C=Cc1sc(/C=C(F)/C=C(C#N)/C(/C=C\C)=C/C(=C)C(C)(C)c2ccccc2C)c(O)c1C=C. The van der Waals surface area contributed by atoms with E-state index >= 15 is 0 Å².